The SMILES string of the molecule is CCCCCc1cc(CCCCC)cc([O][Ti]([C]2=CC=CC2)[SiH](C)C)c1.Cl.Cl. The van der Waals surface area contributed by atoms with Crippen LogP contribution >= 0.6 is 24.8 Å². The van der Waals surface area contributed by atoms with E-state index >= 15 is 0 Å². The van der Waals surface area contributed by atoms with E-state index < -0.39 is 24.2 Å². The molecule has 0 aliphatic heterocycles. The summed E-state index contributed by atoms with van der Waals surface area (Å²) < 4.78 is 8.41. The summed E-state index contributed by atoms with van der Waals surface area (Å²) >= 11 is -1.57. The summed E-state index contributed by atoms with van der Waals surface area (Å²) in [5.41, 5.74) is 2.98. The van der Waals surface area contributed by atoms with Gasteiger partial charge in [0.05, 0.1) is 0 Å². The molecule has 159 valence electrons. The van der Waals surface area contributed by atoms with Crippen LogP contribution in [0.1, 0.15) is 69.9 Å². The van der Waals surface area contributed by atoms with E-state index in [9.17, 15) is 0 Å². The third kappa shape index (κ3) is 9.67. The Bertz CT molecular complexity index is 588. The first-order valence-electron chi connectivity index (χ1n) is 10.7. The van der Waals surface area contributed by atoms with Crippen molar-refractivity contribution in [3.05, 3.63) is 51.4 Å². The Morgan fingerprint density at radius 1 is 0.893 bits per heavy atom. The first-order valence-corrected chi connectivity index (χ1v) is 17.7. The van der Waals surface area contributed by atoms with Gasteiger partial charge in [-0.2, -0.15) is 0 Å². The Hall–Kier alpha value is 0.0112. The third-order valence-electron chi connectivity index (χ3n) is 5.00. The van der Waals surface area contributed by atoms with Gasteiger partial charge < -0.3 is 0 Å². The largest absolute Gasteiger partial charge is 0.147 e. The summed E-state index contributed by atoms with van der Waals surface area (Å²) in [6.45, 7) is 8.75. The van der Waals surface area contributed by atoms with Gasteiger partial charge in [0.15, 0.2) is 0 Å². The minimum absolute atomic E-state index is 0. The number of aryl methyl sites for hydroxylation is 2. The van der Waals surface area contributed by atoms with Gasteiger partial charge in [-0.15, -0.1) is 24.8 Å². The van der Waals surface area contributed by atoms with Gasteiger partial charge in [0.1, 0.15) is 0 Å². The second kappa shape index (κ2) is 15.8. The molecule has 0 spiro atoms. The van der Waals surface area contributed by atoms with E-state index in [0.29, 0.717) is 0 Å². The van der Waals surface area contributed by atoms with E-state index in [2.05, 4.69) is 63.4 Å². The zero-order chi connectivity index (χ0) is 18.8. The zero-order valence-corrected chi connectivity index (χ0v) is 22.5. The van der Waals surface area contributed by atoms with Gasteiger partial charge in [0.2, 0.25) is 0 Å². The molecule has 0 atom stereocenters. The quantitative estimate of drug-likeness (QED) is 0.221. The summed E-state index contributed by atoms with van der Waals surface area (Å²) in [6, 6.07) is 7.15. The first-order chi connectivity index (χ1) is 12.6. The molecule has 0 amide bonds. The summed E-state index contributed by atoms with van der Waals surface area (Å²) in [7, 11) is 0. The van der Waals surface area contributed by atoms with Crippen LogP contribution in [0, 0.1) is 0 Å². The van der Waals surface area contributed by atoms with Gasteiger partial charge >= 0.3 is 169 Å². The van der Waals surface area contributed by atoms with E-state index in [-0.39, 0.29) is 24.8 Å². The maximum atomic E-state index is 6.77. The number of rotatable bonds is 12. The van der Waals surface area contributed by atoms with Crippen molar-refractivity contribution >= 4 is 31.5 Å². The predicted molar refractivity (Wildman–Crippen MR) is 129 cm³/mol. The van der Waals surface area contributed by atoms with Crippen molar-refractivity contribution in [2.24, 2.45) is 0 Å². The predicted octanol–water partition coefficient (Wildman–Crippen LogP) is 7.73. The molecule has 0 N–H and O–H groups in total. The van der Waals surface area contributed by atoms with E-state index in [4.69, 9.17) is 3.32 Å². The Morgan fingerprint density at radius 3 is 1.89 bits per heavy atom. The molecule has 0 aromatic heterocycles. The summed E-state index contributed by atoms with van der Waals surface area (Å²) in [5, 5.41) is 0. The molecular weight excluding hydrogens is 439 g/mol. The fourth-order valence-corrected chi connectivity index (χ4v) is 12.2. The fraction of sp³-hybridized carbons (Fsp3) is 0.565. The molecule has 0 saturated heterocycles. The molecule has 1 aromatic carbocycles. The zero-order valence-electron chi connectivity index (χ0n) is 18.1. The van der Waals surface area contributed by atoms with Crippen LogP contribution in [0.3, 0.4) is 0 Å². The van der Waals surface area contributed by atoms with E-state index in [1.165, 1.54) is 68.2 Å². The number of unbranched alkanes of at least 4 members (excludes halogenated alkanes) is 4. The second-order valence-electron chi connectivity index (χ2n) is 7.84. The van der Waals surface area contributed by atoms with Gasteiger partial charge in [-0.25, -0.2) is 0 Å². The van der Waals surface area contributed by atoms with Crippen LogP contribution in [0.4, 0.5) is 0 Å². The smallest absolute Gasteiger partial charge is 0.147 e. The summed E-state index contributed by atoms with van der Waals surface area (Å²) in [6.07, 6.45) is 18.2. The topological polar surface area (TPSA) is 9.23 Å². The molecule has 0 fully saturated rings. The average Bonchev–Trinajstić information content (AvgIpc) is 3.14. The Balaban J connectivity index is 0.00000364. The van der Waals surface area contributed by atoms with E-state index in [1.807, 2.05) is 0 Å². The van der Waals surface area contributed by atoms with Crippen LogP contribution in [0.15, 0.2) is 40.3 Å². The van der Waals surface area contributed by atoms with Gasteiger partial charge in [-0.3, -0.25) is 0 Å². The molecule has 1 aromatic rings. The normalized spacial score (nSPS) is 12.4. The van der Waals surface area contributed by atoms with Crippen molar-refractivity contribution in [3.8, 4) is 5.75 Å². The number of allylic oxidation sites excluding steroid dienone is 4. The minimum atomic E-state index is -1.57. The average molecular weight is 478 g/mol. The van der Waals surface area contributed by atoms with Crippen molar-refractivity contribution in [2.75, 3.05) is 0 Å². The van der Waals surface area contributed by atoms with Crippen molar-refractivity contribution in [1.29, 1.82) is 0 Å². The molecule has 0 bridgehead atoms. The number of hydrogen-bond donors (Lipinski definition) is 0. The number of halogens is 2. The Morgan fingerprint density at radius 2 is 1.46 bits per heavy atom. The second-order valence-corrected chi connectivity index (χ2v) is 20.2. The fourth-order valence-electron chi connectivity index (χ4n) is 3.55. The van der Waals surface area contributed by atoms with E-state index in [1.54, 1.807) is 3.88 Å². The molecule has 1 nitrogen and oxygen atoms in total. The van der Waals surface area contributed by atoms with Gasteiger partial charge in [-0.1, -0.05) is 0 Å². The molecule has 0 radical (unpaired) electrons. The first kappa shape index (κ1) is 28.0. The molecule has 1 aliphatic carbocycles. The number of hydrogen-bond acceptors (Lipinski definition) is 1. The monoisotopic (exact) mass is 477 g/mol. The molecule has 28 heavy (non-hydrogen) atoms. The van der Waals surface area contributed by atoms with Crippen molar-refractivity contribution in [2.45, 2.75) is 84.7 Å². The summed E-state index contributed by atoms with van der Waals surface area (Å²) in [4.78, 5) is 0. The van der Waals surface area contributed by atoms with Crippen LogP contribution in [0.25, 0.3) is 0 Å². The van der Waals surface area contributed by atoms with Gasteiger partial charge in [0.25, 0.3) is 0 Å². The van der Waals surface area contributed by atoms with Crippen LogP contribution < -0.4 is 3.32 Å². The van der Waals surface area contributed by atoms with Crippen molar-refractivity contribution in [1.82, 2.24) is 0 Å². The van der Waals surface area contributed by atoms with Gasteiger partial charge in [0, 0.05) is 0 Å². The maximum absolute atomic E-state index is 6.77. The maximum Gasteiger partial charge on any atom is -0.147 e. The van der Waals surface area contributed by atoms with Crippen LogP contribution in [-0.2, 0) is 30.4 Å². The molecule has 5 heteroatoms. The molecule has 1 aliphatic rings. The third-order valence-corrected chi connectivity index (χ3v) is 15.3. The van der Waals surface area contributed by atoms with E-state index in [0.717, 1.165) is 6.42 Å². The minimum Gasteiger partial charge on any atom is -0.147 e. The van der Waals surface area contributed by atoms with Crippen molar-refractivity contribution in [3.63, 3.8) is 0 Å². The number of benzene rings is 1. The molecular formula is C23H39Cl2OSiTi. The Labute approximate surface area is 193 Å². The summed E-state index contributed by atoms with van der Waals surface area (Å²) in [5.74, 6) is 1.18. The molecule has 0 heterocycles. The van der Waals surface area contributed by atoms with Gasteiger partial charge in [-0.05, 0) is 0 Å². The van der Waals surface area contributed by atoms with Crippen molar-refractivity contribution < 1.29 is 20.8 Å². The molecule has 0 unspecified atom stereocenters. The van der Waals surface area contributed by atoms with Crippen LogP contribution in [0.2, 0.25) is 13.1 Å². The molecule has 2 rings (SSSR count). The van der Waals surface area contributed by atoms with Crippen LogP contribution in [0.5, 0.6) is 5.75 Å². The molecule has 0 saturated carbocycles. The standard InChI is InChI=1S/C16H26O.C5H5.C2H7Si.2ClH.Ti/c1-3-5-7-9-14-11-15(10-8-6-4-2)13-16(17)12-14;1-2-4-5-3-1;1-3-2;;;/h11-13,17H,3-10H2,1-2H3;1-3H,4H2;3H,1-2H3;2*1H;/q;;;;;+1/p-1. The van der Waals surface area contributed by atoms with Crippen LogP contribution in [-0.4, -0.2) is 6.66 Å². The Kier molecular flexibility index (Phi) is 15.8.